The van der Waals surface area contributed by atoms with Gasteiger partial charge in [-0.25, -0.2) is 4.98 Å². The largest absolute Gasteiger partial charge is 0.352 e. The highest BCUT2D eigenvalue weighted by Crippen LogP contribution is 2.06. The zero-order valence-electron chi connectivity index (χ0n) is 9.07. The van der Waals surface area contributed by atoms with Crippen LogP contribution in [0, 0.1) is 6.92 Å². The summed E-state index contributed by atoms with van der Waals surface area (Å²) in [5, 5.41) is 3.28. The summed E-state index contributed by atoms with van der Waals surface area (Å²) in [6.07, 6.45) is 3.72. The number of benzene rings is 1. The summed E-state index contributed by atoms with van der Waals surface area (Å²) in [6.45, 7) is 2.90. The number of aryl methyl sites for hydroxylation is 2. The predicted octanol–water partition coefficient (Wildman–Crippen LogP) is 2.34. The monoisotopic (exact) mass is 201 g/mol. The van der Waals surface area contributed by atoms with Gasteiger partial charge in [0.15, 0.2) is 0 Å². The number of nitrogens with one attached hydrogen (secondary N) is 1. The van der Waals surface area contributed by atoms with Crippen LogP contribution in [-0.4, -0.2) is 9.55 Å². The van der Waals surface area contributed by atoms with Crippen molar-refractivity contribution in [3.05, 3.63) is 47.8 Å². The lowest BCUT2D eigenvalue weighted by molar-refractivity contribution is 0.900. The van der Waals surface area contributed by atoms with Gasteiger partial charge < -0.3 is 9.88 Å². The summed E-state index contributed by atoms with van der Waals surface area (Å²) in [5.74, 6) is 0.899. The van der Waals surface area contributed by atoms with Crippen molar-refractivity contribution in [2.75, 3.05) is 5.32 Å². The predicted molar refractivity (Wildman–Crippen MR) is 61.7 cm³/mol. The molecule has 0 spiro atoms. The van der Waals surface area contributed by atoms with Gasteiger partial charge >= 0.3 is 0 Å². The van der Waals surface area contributed by atoms with Gasteiger partial charge in [0.1, 0.15) is 0 Å². The Hall–Kier alpha value is -1.77. The van der Waals surface area contributed by atoms with Crippen molar-refractivity contribution in [2.45, 2.75) is 13.5 Å². The lowest BCUT2D eigenvalue weighted by atomic mass is 10.1. The third-order valence-corrected chi connectivity index (χ3v) is 2.39. The molecule has 3 heteroatoms. The quantitative estimate of drug-likeness (QED) is 0.826. The Kier molecular flexibility index (Phi) is 2.72. The summed E-state index contributed by atoms with van der Waals surface area (Å²) >= 11 is 0. The fourth-order valence-electron chi connectivity index (χ4n) is 1.42. The average Bonchev–Trinajstić information content (AvgIpc) is 2.63. The van der Waals surface area contributed by atoms with Crippen LogP contribution < -0.4 is 5.32 Å². The van der Waals surface area contributed by atoms with E-state index in [4.69, 9.17) is 0 Å². The minimum atomic E-state index is 0.811. The van der Waals surface area contributed by atoms with E-state index in [0.717, 1.165) is 12.5 Å². The Bertz CT molecular complexity index is 428. The number of hydrogen-bond donors (Lipinski definition) is 1. The van der Waals surface area contributed by atoms with Gasteiger partial charge in [0.2, 0.25) is 5.95 Å². The molecule has 0 atom stereocenters. The molecule has 1 aromatic heterocycles. The number of imidazole rings is 1. The molecule has 0 saturated carbocycles. The molecule has 0 saturated heterocycles. The van der Waals surface area contributed by atoms with Crippen LogP contribution in [0.15, 0.2) is 36.7 Å². The van der Waals surface area contributed by atoms with Crippen molar-refractivity contribution in [3.63, 3.8) is 0 Å². The second-order valence-electron chi connectivity index (χ2n) is 3.70. The van der Waals surface area contributed by atoms with E-state index in [0.29, 0.717) is 0 Å². The van der Waals surface area contributed by atoms with Crippen molar-refractivity contribution in [2.24, 2.45) is 7.05 Å². The first-order chi connectivity index (χ1) is 7.25. The Morgan fingerprint density at radius 1 is 1.27 bits per heavy atom. The molecule has 0 unspecified atom stereocenters. The van der Waals surface area contributed by atoms with Crippen molar-refractivity contribution >= 4 is 5.95 Å². The molecular weight excluding hydrogens is 186 g/mol. The molecule has 0 radical (unpaired) electrons. The third kappa shape index (κ3) is 2.37. The lowest BCUT2D eigenvalue weighted by Crippen LogP contribution is -2.04. The molecule has 0 aliphatic rings. The molecule has 1 N–H and O–H groups in total. The summed E-state index contributed by atoms with van der Waals surface area (Å²) < 4.78 is 1.97. The molecule has 0 bridgehead atoms. The minimum absolute atomic E-state index is 0.811. The zero-order chi connectivity index (χ0) is 10.7. The standard InChI is InChI=1S/C12H15N3/c1-10-3-5-11(6-4-10)9-14-12-13-7-8-15(12)2/h3-8H,9H2,1-2H3,(H,13,14). The maximum Gasteiger partial charge on any atom is 0.202 e. The van der Waals surface area contributed by atoms with Gasteiger partial charge in [0.25, 0.3) is 0 Å². The first-order valence-corrected chi connectivity index (χ1v) is 5.02. The van der Waals surface area contributed by atoms with Crippen molar-refractivity contribution in [1.29, 1.82) is 0 Å². The molecule has 1 heterocycles. The zero-order valence-corrected chi connectivity index (χ0v) is 9.07. The van der Waals surface area contributed by atoms with Gasteiger partial charge in [-0.2, -0.15) is 0 Å². The molecule has 3 nitrogen and oxygen atoms in total. The first-order valence-electron chi connectivity index (χ1n) is 5.02. The average molecular weight is 201 g/mol. The van der Waals surface area contributed by atoms with Crippen molar-refractivity contribution in [3.8, 4) is 0 Å². The maximum absolute atomic E-state index is 4.20. The van der Waals surface area contributed by atoms with Gasteiger partial charge in [0.05, 0.1) is 0 Å². The van der Waals surface area contributed by atoms with Crippen LogP contribution in [-0.2, 0) is 13.6 Å². The Balaban J connectivity index is 1.99. The van der Waals surface area contributed by atoms with Crippen LogP contribution in [0.25, 0.3) is 0 Å². The number of hydrogen-bond acceptors (Lipinski definition) is 2. The summed E-state index contributed by atoms with van der Waals surface area (Å²) in [5.41, 5.74) is 2.55. The Labute approximate surface area is 89.8 Å². The molecule has 0 aliphatic heterocycles. The van der Waals surface area contributed by atoms with Crippen LogP contribution in [0.1, 0.15) is 11.1 Å². The molecule has 2 aromatic rings. The summed E-state index contributed by atoms with van der Waals surface area (Å²) in [4.78, 5) is 4.20. The smallest absolute Gasteiger partial charge is 0.202 e. The topological polar surface area (TPSA) is 29.9 Å². The highest BCUT2D eigenvalue weighted by molar-refractivity contribution is 5.29. The normalized spacial score (nSPS) is 10.3. The van der Waals surface area contributed by atoms with E-state index in [1.54, 1.807) is 6.20 Å². The first kappa shape index (κ1) is 9.77. The SMILES string of the molecule is Cc1ccc(CNc2nccn2C)cc1. The van der Waals surface area contributed by atoms with Crippen molar-refractivity contribution in [1.82, 2.24) is 9.55 Å². The summed E-state index contributed by atoms with van der Waals surface area (Å²) in [7, 11) is 1.98. The fraction of sp³-hybridized carbons (Fsp3) is 0.250. The van der Waals surface area contributed by atoms with Gasteiger partial charge in [-0.05, 0) is 12.5 Å². The van der Waals surface area contributed by atoms with E-state index in [2.05, 4.69) is 41.5 Å². The van der Waals surface area contributed by atoms with Gasteiger partial charge in [0, 0.05) is 26.0 Å². The number of aromatic nitrogens is 2. The van der Waals surface area contributed by atoms with E-state index in [-0.39, 0.29) is 0 Å². The minimum Gasteiger partial charge on any atom is -0.352 e. The number of nitrogens with zero attached hydrogens (tertiary/aromatic N) is 2. The van der Waals surface area contributed by atoms with E-state index in [1.807, 2.05) is 17.8 Å². The van der Waals surface area contributed by atoms with Crippen molar-refractivity contribution < 1.29 is 0 Å². The molecule has 15 heavy (non-hydrogen) atoms. The maximum atomic E-state index is 4.20. The van der Waals surface area contributed by atoms with Crippen LogP contribution in [0.3, 0.4) is 0 Å². The molecule has 78 valence electrons. The van der Waals surface area contributed by atoms with Gasteiger partial charge in [-0.15, -0.1) is 0 Å². The van der Waals surface area contributed by atoms with Crippen LogP contribution in [0.4, 0.5) is 5.95 Å². The second kappa shape index (κ2) is 4.17. The Morgan fingerprint density at radius 2 is 2.00 bits per heavy atom. The molecule has 1 aromatic carbocycles. The lowest BCUT2D eigenvalue weighted by Gasteiger charge is -2.06. The van der Waals surface area contributed by atoms with Crippen LogP contribution in [0.5, 0.6) is 0 Å². The van der Waals surface area contributed by atoms with Crippen LogP contribution in [0.2, 0.25) is 0 Å². The Morgan fingerprint density at radius 3 is 2.60 bits per heavy atom. The molecule has 0 amide bonds. The third-order valence-electron chi connectivity index (χ3n) is 2.39. The molecule has 0 aliphatic carbocycles. The molecule has 2 rings (SSSR count). The number of rotatable bonds is 3. The highest BCUT2D eigenvalue weighted by atomic mass is 15.2. The van der Waals surface area contributed by atoms with E-state index < -0.39 is 0 Å². The fourth-order valence-corrected chi connectivity index (χ4v) is 1.42. The van der Waals surface area contributed by atoms with Gasteiger partial charge in [-0.3, -0.25) is 0 Å². The number of anilines is 1. The van der Waals surface area contributed by atoms with E-state index in [9.17, 15) is 0 Å². The van der Waals surface area contributed by atoms with Gasteiger partial charge in [-0.1, -0.05) is 29.8 Å². The molecule has 0 fully saturated rings. The van der Waals surface area contributed by atoms with E-state index in [1.165, 1.54) is 11.1 Å². The van der Waals surface area contributed by atoms with E-state index >= 15 is 0 Å². The van der Waals surface area contributed by atoms with Crippen LogP contribution >= 0.6 is 0 Å². The highest BCUT2D eigenvalue weighted by Gasteiger charge is 1.97. The summed E-state index contributed by atoms with van der Waals surface area (Å²) in [6, 6.07) is 8.50. The molecular formula is C12H15N3. The second-order valence-corrected chi connectivity index (χ2v) is 3.70.